The third kappa shape index (κ3) is 3.13. The Hall–Kier alpha value is -2.70. The second-order valence-electron chi connectivity index (χ2n) is 2.57. The van der Waals surface area contributed by atoms with Crippen molar-refractivity contribution in [3.05, 3.63) is 52.6 Å². The number of hydrogen-bond donors (Lipinski definition) is 2. The molecule has 0 aromatic heterocycles. The Morgan fingerprint density at radius 2 is 1.47 bits per heavy atom. The molecule has 0 atom stereocenters. The van der Waals surface area contributed by atoms with Crippen LogP contribution in [0, 0.1) is 10.1 Å². The number of nitrogens with zero attached hydrogens (tertiary/aromatic N) is 1. The molecule has 0 aliphatic heterocycles. The second-order valence-corrected chi connectivity index (χ2v) is 2.57. The maximum atomic E-state index is 10.6. The molecule has 7 nitrogen and oxygen atoms in total. The van der Waals surface area contributed by atoms with E-state index in [0.717, 1.165) is 18.2 Å². The van der Waals surface area contributed by atoms with E-state index in [2.05, 4.69) is 13.2 Å². The topological polar surface area (TPSA) is 118 Å². The van der Waals surface area contributed by atoms with Gasteiger partial charge in [0.15, 0.2) is 0 Å². The van der Waals surface area contributed by atoms with E-state index in [1.165, 1.54) is 0 Å². The Kier molecular flexibility index (Phi) is 5.05. The molecule has 0 saturated carbocycles. The number of rotatable bonds is 3. The lowest BCUT2D eigenvalue weighted by molar-refractivity contribution is -0.385. The SMILES string of the molecule is C=C.O=C(O)c1cccc(C(=O)O)c1[N+](=O)[O-]. The molecule has 0 aliphatic carbocycles. The number of para-hydroxylation sites is 1. The van der Waals surface area contributed by atoms with Crippen molar-refractivity contribution >= 4 is 17.6 Å². The highest BCUT2D eigenvalue weighted by molar-refractivity contribution is 6.00. The second kappa shape index (κ2) is 6.01. The summed E-state index contributed by atoms with van der Waals surface area (Å²) in [7, 11) is 0. The first kappa shape index (κ1) is 14.3. The van der Waals surface area contributed by atoms with E-state index in [0.29, 0.717) is 0 Å². The van der Waals surface area contributed by atoms with Crippen LogP contribution in [0.1, 0.15) is 20.7 Å². The lowest BCUT2D eigenvalue weighted by atomic mass is 10.1. The smallest absolute Gasteiger partial charge is 0.342 e. The molecular formula is C10H9NO6. The molecule has 7 heteroatoms. The van der Waals surface area contributed by atoms with Gasteiger partial charge in [0.2, 0.25) is 0 Å². The van der Waals surface area contributed by atoms with Gasteiger partial charge < -0.3 is 10.2 Å². The minimum absolute atomic E-state index is 0.639. The van der Waals surface area contributed by atoms with Gasteiger partial charge >= 0.3 is 11.9 Å². The molecule has 0 bridgehead atoms. The average molecular weight is 239 g/mol. The monoisotopic (exact) mass is 239 g/mol. The van der Waals surface area contributed by atoms with E-state index in [1.807, 2.05) is 0 Å². The maximum absolute atomic E-state index is 10.6. The number of nitro groups is 1. The van der Waals surface area contributed by atoms with Crippen molar-refractivity contribution in [1.29, 1.82) is 0 Å². The van der Waals surface area contributed by atoms with Crippen LogP contribution in [0.5, 0.6) is 0 Å². The van der Waals surface area contributed by atoms with Gasteiger partial charge in [0.05, 0.1) is 4.92 Å². The van der Waals surface area contributed by atoms with Crippen LogP contribution in [0.3, 0.4) is 0 Å². The van der Waals surface area contributed by atoms with E-state index < -0.39 is 33.7 Å². The molecule has 17 heavy (non-hydrogen) atoms. The zero-order chi connectivity index (χ0) is 13.6. The molecule has 0 saturated heterocycles. The summed E-state index contributed by atoms with van der Waals surface area (Å²) in [6.07, 6.45) is 0. The summed E-state index contributed by atoms with van der Waals surface area (Å²) in [5.41, 5.74) is -2.18. The van der Waals surface area contributed by atoms with Crippen molar-refractivity contribution in [2.75, 3.05) is 0 Å². The summed E-state index contributed by atoms with van der Waals surface area (Å²) in [6.45, 7) is 6.00. The van der Waals surface area contributed by atoms with E-state index in [9.17, 15) is 19.7 Å². The number of nitro benzene ring substituents is 1. The Bertz CT molecular complexity index is 436. The van der Waals surface area contributed by atoms with Crippen LogP contribution in [0.4, 0.5) is 5.69 Å². The summed E-state index contributed by atoms with van der Waals surface area (Å²) >= 11 is 0. The van der Waals surface area contributed by atoms with Gasteiger partial charge in [0, 0.05) is 0 Å². The summed E-state index contributed by atoms with van der Waals surface area (Å²) in [6, 6.07) is 3.10. The Labute approximate surface area is 95.8 Å². The summed E-state index contributed by atoms with van der Waals surface area (Å²) < 4.78 is 0. The van der Waals surface area contributed by atoms with E-state index >= 15 is 0 Å². The van der Waals surface area contributed by atoms with Gasteiger partial charge in [0.1, 0.15) is 11.1 Å². The standard InChI is InChI=1S/C8H5NO6.C2H4/c10-7(11)4-2-1-3-5(8(12)13)6(4)9(14)15;1-2/h1-3H,(H,10,11)(H,12,13);1-2H2. The molecule has 0 radical (unpaired) electrons. The molecule has 0 unspecified atom stereocenters. The molecule has 90 valence electrons. The quantitative estimate of drug-likeness (QED) is 0.471. The van der Waals surface area contributed by atoms with Gasteiger partial charge in [-0.25, -0.2) is 9.59 Å². The molecule has 2 N–H and O–H groups in total. The van der Waals surface area contributed by atoms with Crippen LogP contribution >= 0.6 is 0 Å². The Morgan fingerprint density at radius 1 is 1.12 bits per heavy atom. The van der Waals surface area contributed by atoms with Crippen molar-refractivity contribution in [1.82, 2.24) is 0 Å². The number of benzene rings is 1. The van der Waals surface area contributed by atoms with Gasteiger partial charge in [-0.15, -0.1) is 13.2 Å². The zero-order valence-electron chi connectivity index (χ0n) is 8.62. The van der Waals surface area contributed by atoms with E-state index in [-0.39, 0.29) is 0 Å². The van der Waals surface area contributed by atoms with Crippen molar-refractivity contribution in [2.45, 2.75) is 0 Å². The number of carbonyl (C=O) groups is 2. The van der Waals surface area contributed by atoms with E-state index in [1.54, 1.807) is 0 Å². The molecular weight excluding hydrogens is 230 g/mol. The first-order valence-electron chi connectivity index (χ1n) is 4.19. The number of carboxylic acid groups (broad SMARTS) is 2. The molecule has 1 rings (SSSR count). The lowest BCUT2D eigenvalue weighted by Crippen LogP contribution is -2.08. The lowest BCUT2D eigenvalue weighted by Gasteiger charge is -2.00. The van der Waals surface area contributed by atoms with Gasteiger partial charge in [-0.1, -0.05) is 6.07 Å². The molecule has 1 aromatic carbocycles. The van der Waals surface area contributed by atoms with Crippen LogP contribution in [0.2, 0.25) is 0 Å². The largest absolute Gasteiger partial charge is 0.477 e. The normalized spacial score (nSPS) is 8.71. The maximum Gasteiger partial charge on any atom is 0.342 e. The minimum Gasteiger partial charge on any atom is -0.477 e. The first-order chi connectivity index (χ1) is 7.95. The molecule has 0 amide bonds. The minimum atomic E-state index is -1.54. The highest BCUT2D eigenvalue weighted by atomic mass is 16.6. The van der Waals surface area contributed by atoms with Crippen molar-refractivity contribution in [3.8, 4) is 0 Å². The van der Waals surface area contributed by atoms with Gasteiger partial charge in [0.25, 0.3) is 5.69 Å². The summed E-state index contributed by atoms with van der Waals surface area (Å²) in [5.74, 6) is -3.07. The fourth-order valence-electron chi connectivity index (χ4n) is 1.09. The van der Waals surface area contributed by atoms with E-state index in [4.69, 9.17) is 10.2 Å². The predicted octanol–water partition coefficient (Wildman–Crippen LogP) is 1.79. The van der Waals surface area contributed by atoms with Crippen molar-refractivity contribution in [2.24, 2.45) is 0 Å². The van der Waals surface area contributed by atoms with Gasteiger partial charge in [-0.2, -0.15) is 0 Å². The number of carboxylic acids is 2. The fraction of sp³-hybridized carbons (Fsp3) is 0. The molecule has 0 fully saturated rings. The third-order valence-corrected chi connectivity index (χ3v) is 1.68. The predicted molar refractivity (Wildman–Crippen MR) is 58.3 cm³/mol. The Morgan fingerprint density at radius 3 is 1.71 bits per heavy atom. The number of hydrogen-bond acceptors (Lipinski definition) is 4. The first-order valence-corrected chi connectivity index (χ1v) is 4.19. The highest BCUT2D eigenvalue weighted by Gasteiger charge is 2.27. The summed E-state index contributed by atoms with van der Waals surface area (Å²) in [4.78, 5) is 30.7. The molecule has 0 aliphatic rings. The fourth-order valence-corrected chi connectivity index (χ4v) is 1.09. The molecule has 1 aromatic rings. The van der Waals surface area contributed by atoms with Gasteiger partial charge in [-0.05, 0) is 12.1 Å². The third-order valence-electron chi connectivity index (χ3n) is 1.68. The zero-order valence-corrected chi connectivity index (χ0v) is 8.62. The number of aromatic carboxylic acids is 2. The van der Waals surface area contributed by atoms with Crippen LogP contribution < -0.4 is 0 Å². The van der Waals surface area contributed by atoms with Crippen LogP contribution in [-0.4, -0.2) is 27.1 Å². The van der Waals surface area contributed by atoms with Gasteiger partial charge in [-0.3, -0.25) is 10.1 Å². The Balaban J connectivity index is 0.00000121. The average Bonchev–Trinajstić information content (AvgIpc) is 2.30. The molecule has 0 heterocycles. The molecule has 0 spiro atoms. The highest BCUT2D eigenvalue weighted by Crippen LogP contribution is 2.23. The van der Waals surface area contributed by atoms with Crippen LogP contribution in [0.15, 0.2) is 31.4 Å². The van der Waals surface area contributed by atoms with Crippen LogP contribution in [-0.2, 0) is 0 Å². The van der Waals surface area contributed by atoms with Crippen molar-refractivity contribution in [3.63, 3.8) is 0 Å². The van der Waals surface area contributed by atoms with Crippen molar-refractivity contribution < 1.29 is 24.7 Å². The summed E-state index contributed by atoms with van der Waals surface area (Å²) in [5, 5.41) is 27.8. The van der Waals surface area contributed by atoms with Crippen LogP contribution in [0.25, 0.3) is 0 Å².